The minimum absolute atomic E-state index is 0. The molecule has 2 unspecified atom stereocenters. The van der Waals surface area contributed by atoms with Crippen LogP contribution in [0.1, 0.15) is 67.2 Å². The van der Waals surface area contributed by atoms with Crippen molar-refractivity contribution < 1.29 is 42.8 Å². The number of rotatable bonds is 1. The third-order valence-electron chi connectivity index (χ3n) is 5.15. The van der Waals surface area contributed by atoms with E-state index in [4.69, 9.17) is 0 Å². The van der Waals surface area contributed by atoms with Gasteiger partial charge >= 0.3 is 25.8 Å². The van der Waals surface area contributed by atoms with Gasteiger partial charge in [0.15, 0.2) is 0 Å². The molecule has 0 aromatic heterocycles. The van der Waals surface area contributed by atoms with Gasteiger partial charge in [-0.1, -0.05) is 71.1 Å². The number of hydrogen-bond donors (Lipinski definition) is 0. The number of allylic oxidation sites excluding steroid dienone is 8. The van der Waals surface area contributed by atoms with Crippen molar-refractivity contribution in [3.8, 4) is 0 Å². The van der Waals surface area contributed by atoms with Crippen molar-refractivity contribution in [2.45, 2.75) is 67.2 Å². The summed E-state index contributed by atoms with van der Waals surface area (Å²) in [6.07, 6.45) is 19.8. The molecule has 3 aliphatic carbocycles. The largest absolute Gasteiger partial charge is 4.00 e. The molecule has 0 nitrogen and oxygen atoms in total. The Hall–Kier alpha value is 0.310. The summed E-state index contributed by atoms with van der Waals surface area (Å²) in [5.74, 6) is 1.62. The number of fused-ring (bicyclic) bond motifs is 1. The standard InChI is InChI=1S/C10H15.C9H11.C4H9.BrH.Hf/c1-7-6-10(4,5)9(3)8(7)2;1-2-5-9-7-3-6-8(9)4-1;1-3-4-2;;/h1-5H3;1-2,4-6,8-9H,3,7H2;1,3-4H2,2H3;1H;/q3*-1;;+4/p-1. The van der Waals surface area contributed by atoms with E-state index >= 15 is 0 Å². The van der Waals surface area contributed by atoms with Gasteiger partial charge in [0.1, 0.15) is 0 Å². The second-order valence-corrected chi connectivity index (χ2v) is 7.30. The van der Waals surface area contributed by atoms with Crippen LogP contribution >= 0.6 is 0 Å². The van der Waals surface area contributed by atoms with Crippen molar-refractivity contribution in [3.05, 3.63) is 60.4 Å². The summed E-state index contributed by atoms with van der Waals surface area (Å²) in [5.41, 5.74) is 4.39. The van der Waals surface area contributed by atoms with Gasteiger partial charge in [-0.05, 0) is 5.92 Å². The van der Waals surface area contributed by atoms with Gasteiger partial charge in [0.25, 0.3) is 0 Å². The van der Waals surface area contributed by atoms with Crippen molar-refractivity contribution in [3.63, 3.8) is 0 Å². The van der Waals surface area contributed by atoms with Crippen molar-refractivity contribution in [2.75, 3.05) is 0 Å². The first-order valence-corrected chi connectivity index (χ1v) is 9.11. The summed E-state index contributed by atoms with van der Waals surface area (Å²) in [6, 6.07) is 0. The summed E-state index contributed by atoms with van der Waals surface area (Å²) in [5, 5.41) is 0. The molecule has 0 radical (unpaired) electrons. The molecule has 0 saturated heterocycles. The number of hydrogen-bond acceptors (Lipinski definition) is 0. The van der Waals surface area contributed by atoms with E-state index in [9.17, 15) is 0 Å². The first kappa shape index (κ1) is 27.5. The first-order chi connectivity index (χ1) is 10.8. The molecule has 3 aliphatic rings. The third-order valence-corrected chi connectivity index (χ3v) is 5.15. The van der Waals surface area contributed by atoms with Gasteiger partial charge in [0, 0.05) is 0 Å². The van der Waals surface area contributed by atoms with Crippen LogP contribution in [0.25, 0.3) is 0 Å². The van der Waals surface area contributed by atoms with Crippen LogP contribution in [0.3, 0.4) is 0 Å². The molecule has 1 fully saturated rings. The molecule has 0 amide bonds. The Kier molecular flexibility index (Phi) is 14.8. The van der Waals surface area contributed by atoms with Gasteiger partial charge in [-0.2, -0.15) is 24.0 Å². The molecule has 3 rings (SSSR count). The second-order valence-electron chi connectivity index (χ2n) is 7.30. The van der Waals surface area contributed by atoms with Crippen molar-refractivity contribution >= 4 is 0 Å². The van der Waals surface area contributed by atoms with Crippen LogP contribution in [-0.4, -0.2) is 0 Å². The minimum Gasteiger partial charge on any atom is -1.00 e. The average molecular weight is 570 g/mol. The monoisotopic (exact) mass is 570 g/mol. The molecule has 0 N–H and O–H groups in total. The maximum atomic E-state index is 3.60. The molecular weight excluding hydrogens is 535 g/mol. The maximum Gasteiger partial charge on any atom is 4.00 e. The van der Waals surface area contributed by atoms with Gasteiger partial charge in [-0.25, -0.2) is 5.57 Å². The Morgan fingerprint density at radius 1 is 1.20 bits per heavy atom. The van der Waals surface area contributed by atoms with Crippen LogP contribution in [0.4, 0.5) is 0 Å². The summed E-state index contributed by atoms with van der Waals surface area (Å²) < 4.78 is 0. The molecular formula is C23H35BrHf. The molecule has 1 saturated carbocycles. The second kappa shape index (κ2) is 13.5. The van der Waals surface area contributed by atoms with Gasteiger partial charge in [-0.3, -0.25) is 6.08 Å². The third kappa shape index (κ3) is 8.69. The van der Waals surface area contributed by atoms with Crippen LogP contribution in [0, 0.1) is 36.7 Å². The molecule has 0 spiro atoms. The average Bonchev–Trinajstić information content (AvgIpc) is 3.08. The molecule has 0 bridgehead atoms. The normalized spacial score (nSPS) is 24.7. The van der Waals surface area contributed by atoms with E-state index in [1.165, 1.54) is 36.0 Å². The molecule has 0 aliphatic heterocycles. The molecule has 25 heavy (non-hydrogen) atoms. The molecule has 0 aromatic rings. The Bertz CT molecular complexity index is 474. The quantitative estimate of drug-likeness (QED) is 0.330. The van der Waals surface area contributed by atoms with Gasteiger partial charge in [0.05, 0.1) is 0 Å². The topological polar surface area (TPSA) is 0 Å². The van der Waals surface area contributed by atoms with Crippen molar-refractivity contribution in [1.82, 2.24) is 0 Å². The zero-order chi connectivity index (χ0) is 17.5. The molecule has 2 heteroatoms. The van der Waals surface area contributed by atoms with E-state index in [0.717, 1.165) is 18.3 Å². The first-order valence-electron chi connectivity index (χ1n) is 9.11. The Morgan fingerprint density at radius 3 is 2.12 bits per heavy atom. The molecule has 0 aromatic carbocycles. The van der Waals surface area contributed by atoms with Gasteiger partial charge in [-0.15, -0.1) is 18.9 Å². The van der Waals surface area contributed by atoms with Crippen LogP contribution < -0.4 is 17.0 Å². The predicted octanol–water partition coefficient (Wildman–Crippen LogP) is 4.08. The fourth-order valence-corrected chi connectivity index (χ4v) is 3.10. The number of unbranched alkanes of at least 4 members (excludes halogenated alkanes) is 1. The van der Waals surface area contributed by atoms with E-state index in [0.29, 0.717) is 0 Å². The Morgan fingerprint density at radius 2 is 1.76 bits per heavy atom. The molecule has 0 heterocycles. The van der Waals surface area contributed by atoms with E-state index in [2.05, 4.69) is 85.3 Å². The van der Waals surface area contributed by atoms with Crippen LogP contribution in [0.15, 0.2) is 41.0 Å². The summed E-state index contributed by atoms with van der Waals surface area (Å²) in [4.78, 5) is 0. The van der Waals surface area contributed by atoms with Crippen molar-refractivity contribution in [2.24, 2.45) is 17.3 Å². The molecule has 2 atom stereocenters. The van der Waals surface area contributed by atoms with Gasteiger partial charge < -0.3 is 30.3 Å². The zero-order valence-corrected chi connectivity index (χ0v) is 22.1. The predicted molar refractivity (Wildman–Crippen MR) is 104 cm³/mol. The van der Waals surface area contributed by atoms with E-state index in [1.54, 1.807) is 0 Å². The fraction of sp³-hybridized carbons (Fsp3) is 0.565. The van der Waals surface area contributed by atoms with Gasteiger partial charge in [0.2, 0.25) is 0 Å². The molecule has 138 valence electrons. The summed E-state index contributed by atoms with van der Waals surface area (Å²) in [7, 11) is 0. The van der Waals surface area contributed by atoms with E-state index in [-0.39, 0.29) is 48.2 Å². The van der Waals surface area contributed by atoms with Crippen LogP contribution in [0.5, 0.6) is 0 Å². The van der Waals surface area contributed by atoms with Crippen molar-refractivity contribution in [1.29, 1.82) is 0 Å². The fourth-order valence-electron chi connectivity index (χ4n) is 3.10. The van der Waals surface area contributed by atoms with E-state index in [1.807, 2.05) is 0 Å². The Balaban J connectivity index is 0. The summed E-state index contributed by atoms with van der Waals surface area (Å²) in [6.45, 7) is 16.6. The minimum atomic E-state index is 0. The van der Waals surface area contributed by atoms with E-state index < -0.39 is 0 Å². The number of halogens is 1. The summed E-state index contributed by atoms with van der Waals surface area (Å²) >= 11 is 0. The zero-order valence-electron chi connectivity index (χ0n) is 17.0. The Labute approximate surface area is 186 Å². The smallest absolute Gasteiger partial charge is 1.00 e. The SMILES string of the molecule is C1=CC2[CH-]CCC2C=C1.CC1=[C-]C(C)(C)C(C)=C1C.[Br-].[CH2-]CCC.[Hf+4]. The maximum absolute atomic E-state index is 3.60. The van der Waals surface area contributed by atoms with Crippen LogP contribution in [0.2, 0.25) is 0 Å². The van der Waals surface area contributed by atoms with Crippen LogP contribution in [-0.2, 0) is 25.8 Å².